The molecule has 0 aliphatic carbocycles. The summed E-state index contributed by atoms with van der Waals surface area (Å²) in [7, 11) is 0. The maximum absolute atomic E-state index is 12.6. The van der Waals surface area contributed by atoms with Crippen LogP contribution < -0.4 is 10.6 Å². The molecule has 4 rings (SSSR count). The summed E-state index contributed by atoms with van der Waals surface area (Å²) < 4.78 is 5.19. The van der Waals surface area contributed by atoms with Gasteiger partial charge in [-0.3, -0.25) is 9.59 Å². The number of rotatable bonds is 5. The van der Waals surface area contributed by atoms with Gasteiger partial charge in [-0.2, -0.15) is 0 Å². The topological polar surface area (TPSA) is 100 Å². The van der Waals surface area contributed by atoms with E-state index in [0.29, 0.717) is 30.4 Å². The lowest BCUT2D eigenvalue weighted by Gasteiger charge is -2.32. The number of carbonyl (C=O) groups excluding carboxylic acids is 2. The van der Waals surface area contributed by atoms with Crippen molar-refractivity contribution in [2.75, 3.05) is 18.4 Å². The van der Waals surface area contributed by atoms with Gasteiger partial charge < -0.3 is 20.0 Å². The Kier molecular flexibility index (Phi) is 5.51. The lowest BCUT2D eigenvalue weighted by Crippen LogP contribution is -2.49. The van der Waals surface area contributed by atoms with Crippen molar-refractivity contribution in [3.05, 3.63) is 72.4 Å². The molecule has 0 spiro atoms. The lowest BCUT2D eigenvalue weighted by atomic mass is 10.0. The van der Waals surface area contributed by atoms with Gasteiger partial charge in [-0.05, 0) is 37.1 Å². The average molecular weight is 391 g/mol. The molecule has 1 saturated heterocycles. The van der Waals surface area contributed by atoms with Gasteiger partial charge in [0, 0.05) is 37.2 Å². The molecule has 0 saturated carbocycles. The van der Waals surface area contributed by atoms with Gasteiger partial charge in [0.15, 0.2) is 5.76 Å². The number of para-hydroxylation sites is 1. The normalized spacial score (nSPS) is 16.3. The maximum atomic E-state index is 12.6. The standard InChI is InChI=1S/C21H21N5O3/c27-19(15-12-22-21(23-13-15)25-16-6-2-1-3-7-16)24-17-8-4-10-26(14-17)20(28)18-9-5-11-29-18/h1-3,5-7,9,11-13,17H,4,8,10,14H2,(H,24,27)(H,22,23,25)/t17-/m1/s1. The van der Waals surface area contributed by atoms with E-state index in [0.717, 1.165) is 18.5 Å². The van der Waals surface area contributed by atoms with Crippen molar-refractivity contribution in [2.45, 2.75) is 18.9 Å². The number of anilines is 2. The van der Waals surface area contributed by atoms with Crippen LogP contribution in [0, 0.1) is 0 Å². The van der Waals surface area contributed by atoms with Gasteiger partial charge >= 0.3 is 0 Å². The first-order valence-corrected chi connectivity index (χ1v) is 9.47. The first kappa shape index (κ1) is 18.7. The monoisotopic (exact) mass is 391 g/mol. The summed E-state index contributed by atoms with van der Waals surface area (Å²) in [5, 5.41) is 6.05. The van der Waals surface area contributed by atoms with Crippen molar-refractivity contribution >= 4 is 23.5 Å². The van der Waals surface area contributed by atoms with Gasteiger partial charge in [0.25, 0.3) is 11.8 Å². The number of furan rings is 1. The summed E-state index contributed by atoms with van der Waals surface area (Å²) >= 11 is 0. The van der Waals surface area contributed by atoms with E-state index < -0.39 is 0 Å². The number of benzene rings is 1. The van der Waals surface area contributed by atoms with Crippen LogP contribution >= 0.6 is 0 Å². The third kappa shape index (κ3) is 4.60. The molecule has 1 atom stereocenters. The number of aromatic nitrogens is 2. The Hall–Kier alpha value is -3.68. The largest absolute Gasteiger partial charge is 0.459 e. The van der Waals surface area contributed by atoms with Crippen LogP contribution in [0.15, 0.2) is 65.5 Å². The van der Waals surface area contributed by atoms with Crippen LogP contribution in [0.5, 0.6) is 0 Å². The highest BCUT2D eigenvalue weighted by Gasteiger charge is 2.27. The summed E-state index contributed by atoms with van der Waals surface area (Å²) in [6.07, 6.45) is 6.08. The fraction of sp³-hybridized carbons (Fsp3) is 0.238. The molecule has 1 aromatic carbocycles. The van der Waals surface area contributed by atoms with Crippen LogP contribution in [0.2, 0.25) is 0 Å². The summed E-state index contributed by atoms with van der Waals surface area (Å²) in [5.74, 6) is 0.315. The molecule has 0 unspecified atom stereocenters. The second kappa shape index (κ2) is 8.55. The Balaban J connectivity index is 1.34. The molecule has 2 aromatic heterocycles. The van der Waals surface area contributed by atoms with Crippen molar-refractivity contribution in [1.82, 2.24) is 20.2 Å². The minimum atomic E-state index is -0.256. The zero-order valence-electron chi connectivity index (χ0n) is 15.7. The fourth-order valence-electron chi connectivity index (χ4n) is 3.26. The van der Waals surface area contributed by atoms with E-state index in [4.69, 9.17) is 4.42 Å². The number of likely N-dealkylation sites (tertiary alicyclic amines) is 1. The molecular formula is C21H21N5O3. The van der Waals surface area contributed by atoms with Gasteiger partial charge in [0.1, 0.15) is 0 Å². The summed E-state index contributed by atoms with van der Waals surface area (Å²) in [6, 6.07) is 12.8. The van der Waals surface area contributed by atoms with Gasteiger partial charge in [-0.25, -0.2) is 9.97 Å². The van der Waals surface area contributed by atoms with E-state index in [1.54, 1.807) is 17.0 Å². The average Bonchev–Trinajstić information content (AvgIpc) is 3.29. The van der Waals surface area contributed by atoms with E-state index in [2.05, 4.69) is 20.6 Å². The smallest absolute Gasteiger partial charge is 0.289 e. The van der Waals surface area contributed by atoms with Crippen LogP contribution in [0.4, 0.5) is 11.6 Å². The second-order valence-electron chi connectivity index (χ2n) is 6.83. The Bertz CT molecular complexity index is 958. The van der Waals surface area contributed by atoms with Crippen LogP contribution in [0.3, 0.4) is 0 Å². The Morgan fingerprint density at radius 3 is 2.59 bits per heavy atom. The molecule has 0 radical (unpaired) electrons. The van der Waals surface area contributed by atoms with Crippen LogP contribution in [0.1, 0.15) is 33.8 Å². The van der Waals surface area contributed by atoms with Crippen molar-refractivity contribution < 1.29 is 14.0 Å². The number of piperidine rings is 1. The minimum Gasteiger partial charge on any atom is -0.459 e. The predicted molar refractivity (Wildman–Crippen MR) is 107 cm³/mol. The molecule has 3 heterocycles. The van der Waals surface area contributed by atoms with Crippen LogP contribution in [-0.2, 0) is 0 Å². The van der Waals surface area contributed by atoms with E-state index in [1.165, 1.54) is 18.7 Å². The molecule has 8 nitrogen and oxygen atoms in total. The quantitative estimate of drug-likeness (QED) is 0.694. The van der Waals surface area contributed by atoms with Crippen molar-refractivity contribution in [3.63, 3.8) is 0 Å². The van der Waals surface area contributed by atoms with Crippen molar-refractivity contribution in [1.29, 1.82) is 0 Å². The van der Waals surface area contributed by atoms with Gasteiger partial charge in [0.05, 0.1) is 11.8 Å². The number of amides is 2. The Morgan fingerprint density at radius 1 is 1.07 bits per heavy atom. The molecule has 29 heavy (non-hydrogen) atoms. The van der Waals surface area contributed by atoms with E-state index >= 15 is 0 Å². The highest BCUT2D eigenvalue weighted by Crippen LogP contribution is 2.15. The molecule has 1 aliphatic heterocycles. The molecule has 148 valence electrons. The van der Waals surface area contributed by atoms with Crippen LogP contribution in [0.25, 0.3) is 0 Å². The minimum absolute atomic E-state index is 0.128. The number of hydrogen-bond donors (Lipinski definition) is 2. The van der Waals surface area contributed by atoms with Crippen molar-refractivity contribution in [2.24, 2.45) is 0 Å². The molecule has 2 amide bonds. The third-order valence-electron chi connectivity index (χ3n) is 4.72. The molecule has 8 heteroatoms. The number of nitrogens with zero attached hydrogens (tertiary/aromatic N) is 3. The number of nitrogens with one attached hydrogen (secondary N) is 2. The fourth-order valence-corrected chi connectivity index (χ4v) is 3.26. The Labute approximate surface area is 168 Å². The highest BCUT2D eigenvalue weighted by atomic mass is 16.3. The van der Waals surface area contributed by atoms with E-state index in [9.17, 15) is 9.59 Å². The first-order chi connectivity index (χ1) is 14.2. The van der Waals surface area contributed by atoms with E-state index in [-0.39, 0.29) is 17.9 Å². The lowest BCUT2D eigenvalue weighted by molar-refractivity contribution is 0.0647. The second-order valence-corrected chi connectivity index (χ2v) is 6.83. The summed E-state index contributed by atoms with van der Waals surface area (Å²) in [6.45, 7) is 1.09. The molecule has 1 aliphatic rings. The molecule has 3 aromatic rings. The van der Waals surface area contributed by atoms with Gasteiger partial charge in [-0.15, -0.1) is 0 Å². The molecular weight excluding hydrogens is 370 g/mol. The molecule has 2 N–H and O–H groups in total. The SMILES string of the molecule is O=C(N[C@@H]1CCCN(C(=O)c2ccco2)C1)c1cnc(Nc2ccccc2)nc1. The number of carbonyl (C=O) groups is 2. The maximum Gasteiger partial charge on any atom is 0.289 e. The first-order valence-electron chi connectivity index (χ1n) is 9.47. The molecule has 0 bridgehead atoms. The van der Waals surface area contributed by atoms with E-state index in [1.807, 2.05) is 30.3 Å². The zero-order valence-corrected chi connectivity index (χ0v) is 15.7. The van der Waals surface area contributed by atoms with Crippen molar-refractivity contribution in [3.8, 4) is 0 Å². The predicted octanol–water partition coefficient (Wildman–Crippen LogP) is 2.85. The zero-order chi connectivity index (χ0) is 20.1. The third-order valence-corrected chi connectivity index (χ3v) is 4.72. The highest BCUT2D eigenvalue weighted by molar-refractivity contribution is 5.94. The van der Waals surface area contributed by atoms with Gasteiger partial charge in [-0.1, -0.05) is 18.2 Å². The van der Waals surface area contributed by atoms with Gasteiger partial charge in [0.2, 0.25) is 5.95 Å². The summed E-state index contributed by atoms with van der Waals surface area (Å²) in [5.41, 5.74) is 1.24. The van der Waals surface area contributed by atoms with Crippen LogP contribution in [-0.4, -0.2) is 45.8 Å². The number of hydrogen-bond acceptors (Lipinski definition) is 6. The Morgan fingerprint density at radius 2 is 1.86 bits per heavy atom. The summed E-state index contributed by atoms with van der Waals surface area (Å²) in [4.78, 5) is 35.1. The molecule has 1 fully saturated rings.